The highest BCUT2D eigenvalue weighted by Gasteiger charge is 2.16. The number of halogens is 1. The van der Waals surface area contributed by atoms with Crippen LogP contribution in [0.4, 0.5) is 0 Å². The molecule has 0 bridgehead atoms. The fourth-order valence-corrected chi connectivity index (χ4v) is 3.63. The topological polar surface area (TPSA) is 133 Å². The Labute approximate surface area is 207 Å². The molecule has 11 heteroatoms. The SMILES string of the molecule is COc1cc(/C=N\NC(=O)c2cc3cc(Br)cc(OC)c3o2)ccc1OCc1ccc(C(=O)O)o1. The van der Waals surface area contributed by atoms with Gasteiger partial charge in [0.15, 0.2) is 28.6 Å². The molecule has 2 heterocycles. The van der Waals surface area contributed by atoms with Gasteiger partial charge in [-0.2, -0.15) is 5.10 Å². The molecule has 0 atom stereocenters. The van der Waals surface area contributed by atoms with Crippen molar-refractivity contribution in [2.45, 2.75) is 6.61 Å². The van der Waals surface area contributed by atoms with E-state index in [0.29, 0.717) is 39.5 Å². The van der Waals surface area contributed by atoms with Gasteiger partial charge >= 0.3 is 11.9 Å². The Morgan fingerprint density at radius 2 is 1.80 bits per heavy atom. The van der Waals surface area contributed by atoms with Gasteiger partial charge in [-0.3, -0.25) is 4.79 Å². The number of hydrazone groups is 1. The van der Waals surface area contributed by atoms with E-state index in [0.717, 1.165) is 4.47 Å². The predicted octanol–water partition coefficient (Wildman–Crippen LogP) is 4.85. The number of carbonyl (C=O) groups is 2. The summed E-state index contributed by atoms with van der Waals surface area (Å²) in [5.74, 6) is -0.0734. The summed E-state index contributed by atoms with van der Waals surface area (Å²) in [5.41, 5.74) is 3.51. The summed E-state index contributed by atoms with van der Waals surface area (Å²) in [6.45, 7) is 0.0198. The Bertz CT molecular complexity index is 1420. The van der Waals surface area contributed by atoms with Crippen LogP contribution in [-0.4, -0.2) is 37.4 Å². The average molecular weight is 543 g/mol. The minimum absolute atomic E-state index is 0.0198. The average Bonchev–Trinajstić information content (AvgIpc) is 3.50. The van der Waals surface area contributed by atoms with E-state index in [1.165, 1.54) is 32.6 Å². The molecule has 180 valence electrons. The number of hydrogen-bond acceptors (Lipinski definition) is 8. The second-order valence-electron chi connectivity index (χ2n) is 7.11. The molecule has 0 radical (unpaired) electrons. The number of ether oxygens (including phenoxy) is 3. The third kappa shape index (κ3) is 5.46. The molecule has 0 saturated carbocycles. The molecule has 0 aliphatic rings. The van der Waals surface area contributed by atoms with Crippen molar-refractivity contribution in [1.82, 2.24) is 5.43 Å². The third-order valence-electron chi connectivity index (χ3n) is 4.80. The van der Waals surface area contributed by atoms with Crippen molar-refractivity contribution in [3.63, 3.8) is 0 Å². The molecular weight excluding hydrogens is 524 g/mol. The van der Waals surface area contributed by atoms with Crippen molar-refractivity contribution in [3.8, 4) is 17.2 Å². The number of nitrogens with one attached hydrogen (secondary N) is 1. The number of benzene rings is 2. The van der Waals surface area contributed by atoms with Gasteiger partial charge in [-0.15, -0.1) is 0 Å². The lowest BCUT2D eigenvalue weighted by Crippen LogP contribution is -2.16. The largest absolute Gasteiger partial charge is 0.493 e. The number of furan rings is 2. The zero-order valence-electron chi connectivity index (χ0n) is 18.5. The minimum atomic E-state index is -1.15. The van der Waals surface area contributed by atoms with Crippen molar-refractivity contribution in [2.24, 2.45) is 5.10 Å². The summed E-state index contributed by atoms with van der Waals surface area (Å²) in [6, 6.07) is 13.1. The molecule has 0 aliphatic heterocycles. The molecule has 0 aliphatic carbocycles. The summed E-state index contributed by atoms with van der Waals surface area (Å²) in [7, 11) is 3.00. The summed E-state index contributed by atoms with van der Waals surface area (Å²) < 4.78 is 27.9. The summed E-state index contributed by atoms with van der Waals surface area (Å²) in [6.07, 6.45) is 1.44. The van der Waals surface area contributed by atoms with Crippen molar-refractivity contribution in [3.05, 3.63) is 75.8 Å². The van der Waals surface area contributed by atoms with Crippen LogP contribution in [0.1, 0.15) is 32.4 Å². The maximum atomic E-state index is 12.5. The van der Waals surface area contributed by atoms with Crippen molar-refractivity contribution < 1.29 is 37.7 Å². The first-order valence-electron chi connectivity index (χ1n) is 10.1. The highest BCUT2D eigenvalue weighted by molar-refractivity contribution is 9.10. The number of nitrogens with zero attached hydrogens (tertiary/aromatic N) is 1. The summed E-state index contributed by atoms with van der Waals surface area (Å²) in [4.78, 5) is 23.4. The number of aromatic carboxylic acids is 1. The number of amides is 1. The van der Waals surface area contributed by atoms with Crippen LogP contribution in [0.3, 0.4) is 0 Å². The van der Waals surface area contributed by atoms with Crippen LogP contribution >= 0.6 is 15.9 Å². The molecule has 35 heavy (non-hydrogen) atoms. The quantitative estimate of drug-likeness (QED) is 0.226. The highest BCUT2D eigenvalue weighted by Crippen LogP contribution is 2.32. The van der Waals surface area contributed by atoms with E-state index in [4.69, 9.17) is 28.2 Å². The van der Waals surface area contributed by atoms with E-state index in [-0.39, 0.29) is 18.1 Å². The fourth-order valence-electron chi connectivity index (χ4n) is 3.17. The molecule has 2 aromatic carbocycles. The number of fused-ring (bicyclic) bond motifs is 1. The van der Waals surface area contributed by atoms with Gasteiger partial charge in [0.25, 0.3) is 0 Å². The number of methoxy groups -OCH3 is 2. The van der Waals surface area contributed by atoms with Gasteiger partial charge in [0.2, 0.25) is 5.76 Å². The fraction of sp³-hybridized carbons (Fsp3) is 0.125. The number of carboxylic acids is 1. The predicted molar refractivity (Wildman–Crippen MR) is 129 cm³/mol. The first kappa shape index (κ1) is 23.9. The van der Waals surface area contributed by atoms with Gasteiger partial charge in [0.05, 0.1) is 20.4 Å². The van der Waals surface area contributed by atoms with E-state index < -0.39 is 11.9 Å². The van der Waals surface area contributed by atoms with Crippen LogP contribution in [0.2, 0.25) is 0 Å². The zero-order valence-corrected chi connectivity index (χ0v) is 20.1. The van der Waals surface area contributed by atoms with Crippen LogP contribution in [0.15, 0.2) is 66.9 Å². The van der Waals surface area contributed by atoms with Crippen LogP contribution in [0, 0.1) is 0 Å². The lowest BCUT2D eigenvalue weighted by atomic mass is 10.2. The van der Waals surface area contributed by atoms with E-state index in [1.54, 1.807) is 30.3 Å². The molecule has 0 unspecified atom stereocenters. The summed E-state index contributed by atoms with van der Waals surface area (Å²) >= 11 is 3.39. The number of carboxylic acid groups (broad SMARTS) is 1. The smallest absolute Gasteiger partial charge is 0.371 e. The second-order valence-corrected chi connectivity index (χ2v) is 8.02. The highest BCUT2D eigenvalue weighted by atomic mass is 79.9. The van der Waals surface area contributed by atoms with Gasteiger partial charge in [-0.05, 0) is 54.1 Å². The van der Waals surface area contributed by atoms with Crippen molar-refractivity contribution in [1.29, 1.82) is 0 Å². The lowest BCUT2D eigenvalue weighted by molar-refractivity contribution is 0.0657. The Morgan fingerprint density at radius 3 is 2.51 bits per heavy atom. The maximum Gasteiger partial charge on any atom is 0.371 e. The Hall–Kier alpha value is -4.25. The molecule has 1 amide bonds. The molecular formula is C24H19BrN2O8. The lowest BCUT2D eigenvalue weighted by Gasteiger charge is -2.10. The monoisotopic (exact) mass is 542 g/mol. The van der Waals surface area contributed by atoms with E-state index in [2.05, 4.69) is 26.5 Å². The van der Waals surface area contributed by atoms with Crippen molar-refractivity contribution >= 4 is 45.0 Å². The van der Waals surface area contributed by atoms with Crippen molar-refractivity contribution in [2.75, 3.05) is 14.2 Å². The Balaban J connectivity index is 1.41. The maximum absolute atomic E-state index is 12.5. The first-order chi connectivity index (χ1) is 16.9. The molecule has 4 rings (SSSR count). The zero-order chi connectivity index (χ0) is 24.9. The molecule has 4 aromatic rings. The number of carbonyl (C=O) groups excluding carboxylic acids is 1. The minimum Gasteiger partial charge on any atom is -0.493 e. The van der Waals surface area contributed by atoms with Gasteiger partial charge in [0, 0.05) is 9.86 Å². The Kier molecular flexibility index (Phi) is 7.06. The van der Waals surface area contributed by atoms with E-state index in [1.807, 2.05) is 6.07 Å². The molecule has 0 saturated heterocycles. The first-order valence-corrected chi connectivity index (χ1v) is 10.9. The van der Waals surface area contributed by atoms with E-state index in [9.17, 15) is 9.59 Å². The number of rotatable bonds is 9. The molecule has 0 spiro atoms. The third-order valence-corrected chi connectivity index (χ3v) is 5.26. The molecule has 10 nitrogen and oxygen atoms in total. The normalized spacial score (nSPS) is 11.1. The van der Waals surface area contributed by atoms with Crippen LogP contribution in [0.5, 0.6) is 17.2 Å². The van der Waals surface area contributed by atoms with Gasteiger partial charge in [-0.1, -0.05) is 15.9 Å². The van der Waals surface area contributed by atoms with Gasteiger partial charge < -0.3 is 28.2 Å². The molecule has 0 fully saturated rings. The standard InChI is InChI=1S/C24H19BrN2O8/c1-31-19-7-13(3-5-17(19)33-12-16-4-6-18(34-16)24(29)30)11-26-27-23(28)21-9-14-8-15(25)10-20(32-2)22(14)35-21/h3-11H,12H2,1-2H3,(H,27,28)(H,29,30)/b26-11-. The van der Waals surface area contributed by atoms with Crippen LogP contribution in [-0.2, 0) is 6.61 Å². The molecule has 2 N–H and O–H groups in total. The van der Waals surface area contributed by atoms with Gasteiger partial charge in [-0.25, -0.2) is 10.2 Å². The summed E-state index contributed by atoms with van der Waals surface area (Å²) in [5, 5.41) is 13.6. The Morgan fingerprint density at radius 1 is 1.00 bits per heavy atom. The van der Waals surface area contributed by atoms with Crippen LogP contribution < -0.4 is 19.6 Å². The number of hydrogen-bond donors (Lipinski definition) is 2. The second kappa shape index (κ2) is 10.3. The van der Waals surface area contributed by atoms with E-state index >= 15 is 0 Å². The molecule has 2 aromatic heterocycles. The van der Waals surface area contributed by atoms with Crippen LogP contribution in [0.25, 0.3) is 11.0 Å². The van der Waals surface area contributed by atoms with Gasteiger partial charge in [0.1, 0.15) is 12.4 Å².